The zero-order valence-corrected chi connectivity index (χ0v) is 9.18. The first-order chi connectivity index (χ1) is 7.58. The smallest absolute Gasteiger partial charge is 0.254 e. The number of aliphatic hydroxyl groups excluding tert-OH is 1. The molecule has 0 aliphatic carbocycles. The van der Waals surface area contributed by atoms with Crippen LogP contribution in [0, 0.1) is 6.92 Å². The van der Waals surface area contributed by atoms with E-state index < -0.39 is 6.10 Å². The van der Waals surface area contributed by atoms with E-state index in [0.717, 1.165) is 5.56 Å². The van der Waals surface area contributed by atoms with Crippen molar-refractivity contribution >= 4 is 5.91 Å². The van der Waals surface area contributed by atoms with Crippen LogP contribution in [0.25, 0.3) is 0 Å². The first-order valence-electron chi connectivity index (χ1n) is 5.35. The molecule has 1 heterocycles. The zero-order chi connectivity index (χ0) is 11.7. The van der Waals surface area contributed by atoms with E-state index in [1.165, 1.54) is 6.07 Å². The van der Waals surface area contributed by atoms with Gasteiger partial charge >= 0.3 is 0 Å². The molecule has 1 aromatic carbocycles. The van der Waals surface area contributed by atoms with Crippen LogP contribution in [0.3, 0.4) is 0 Å². The van der Waals surface area contributed by atoms with Crippen molar-refractivity contribution < 1.29 is 15.0 Å². The predicted octanol–water partition coefficient (Wildman–Crippen LogP) is 0.907. The summed E-state index contributed by atoms with van der Waals surface area (Å²) >= 11 is 0. The van der Waals surface area contributed by atoms with Crippen LogP contribution in [0.4, 0.5) is 0 Å². The van der Waals surface area contributed by atoms with Crippen molar-refractivity contribution in [3.63, 3.8) is 0 Å². The summed E-state index contributed by atoms with van der Waals surface area (Å²) in [6, 6.07) is 4.89. The molecule has 86 valence electrons. The van der Waals surface area contributed by atoms with E-state index in [0.29, 0.717) is 25.1 Å². The lowest BCUT2D eigenvalue weighted by Crippen LogP contribution is -2.29. The maximum atomic E-state index is 12.0. The lowest BCUT2D eigenvalue weighted by Gasteiger charge is -2.15. The Kier molecular flexibility index (Phi) is 2.83. The number of likely N-dealkylation sites (tertiary alicyclic amines) is 1. The normalized spacial score (nSPS) is 20.1. The first kappa shape index (κ1) is 11.0. The van der Waals surface area contributed by atoms with Crippen LogP contribution < -0.4 is 0 Å². The van der Waals surface area contributed by atoms with Crippen LogP contribution >= 0.6 is 0 Å². The molecule has 2 N–H and O–H groups in total. The number of aliphatic hydroxyl groups is 1. The summed E-state index contributed by atoms with van der Waals surface area (Å²) < 4.78 is 0. The average molecular weight is 221 g/mol. The maximum absolute atomic E-state index is 12.0. The van der Waals surface area contributed by atoms with Crippen molar-refractivity contribution in [3.8, 4) is 5.75 Å². The number of phenols is 1. The summed E-state index contributed by atoms with van der Waals surface area (Å²) in [5.74, 6) is -0.00237. The van der Waals surface area contributed by atoms with E-state index in [9.17, 15) is 15.0 Å². The summed E-state index contributed by atoms with van der Waals surface area (Å²) in [6.45, 7) is 2.74. The van der Waals surface area contributed by atoms with Crippen LogP contribution in [0.5, 0.6) is 5.75 Å². The Labute approximate surface area is 94.1 Å². The second-order valence-corrected chi connectivity index (χ2v) is 4.19. The molecule has 1 unspecified atom stereocenters. The van der Waals surface area contributed by atoms with Crippen LogP contribution in [0.2, 0.25) is 0 Å². The van der Waals surface area contributed by atoms with Gasteiger partial charge in [0.1, 0.15) is 5.75 Å². The maximum Gasteiger partial charge on any atom is 0.254 e. The molecule has 1 fully saturated rings. The Balaban J connectivity index is 2.18. The fourth-order valence-corrected chi connectivity index (χ4v) is 1.85. The third-order valence-corrected chi connectivity index (χ3v) is 2.91. The van der Waals surface area contributed by atoms with E-state index in [2.05, 4.69) is 0 Å². The molecule has 1 aromatic rings. The molecule has 4 nitrogen and oxygen atoms in total. The van der Waals surface area contributed by atoms with Gasteiger partial charge in [0.05, 0.1) is 6.10 Å². The van der Waals surface area contributed by atoms with Gasteiger partial charge in [0.2, 0.25) is 0 Å². The monoisotopic (exact) mass is 221 g/mol. The molecule has 0 aromatic heterocycles. The standard InChI is InChI=1S/C12H15NO3/c1-8-2-3-9(6-11(8)15)12(16)13-5-4-10(14)7-13/h2-3,6,10,14-15H,4-5,7H2,1H3. The number of carbonyl (C=O) groups is 1. The molecule has 16 heavy (non-hydrogen) atoms. The number of carbonyl (C=O) groups excluding carboxylic acids is 1. The fourth-order valence-electron chi connectivity index (χ4n) is 1.85. The minimum absolute atomic E-state index is 0.130. The third-order valence-electron chi connectivity index (χ3n) is 2.91. The van der Waals surface area contributed by atoms with E-state index in [-0.39, 0.29) is 11.7 Å². The molecule has 1 atom stereocenters. The minimum atomic E-state index is -0.414. The van der Waals surface area contributed by atoms with Crippen molar-refractivity contribution in [2.45, 2.75) is 19.4 Å². The molecule has 4 heteroatoms. The number of hydrogen-bond donors (Lipinski definition) is 2. The average Bonchev–Trinajstić information content (AvgIpc) is 2.68. The molecular formula is C12H15NO3. The molecule has 0 bridgehead atoms. The molecule has 1 aliphatic heterocycles. The molecular weight excluding hydrogens is 206 g/mol. The second-order valence-electron chi connectivity index (χ2n) is 4.19. The van der Waals surface area contributed by atoms with E-state index in [4.69, 9.17) is 0 Å². The Bertz CT molecular complexity index is 417. The number of nitrogens with zero attached hydrogens (tertiary/aromatic N) is 1. The lowest BCUT2D eigenvalue weighted by atomic mass is 10.1. The van der Waals surface area contributed by atoms with Gasteiger partial charge in [-0.3, -0.25) is 4.79 Å². The summed E-state index contributed by atoms with van der Waals surface area (Å²) in [7, 11) is 0. The van der Waals surface area contributed by atoms with Gasteiger partial charge in [-0.15, -0.1) is 0 Å². The van der Waals surface area contributed by atoms with Crippen molar-refractivity contribution in [1.82, 2.24) is 4.90 Å². The van der Waals surface area contributed by atoms with Crippen molar-refractivity contribution in [3.05, 3.63) is 29.3 Å². The molecule has 1 saturated heterocycles. The highest BCUT2D eigenvalue weighted by Crippen LogP contribution is 2.20. The number of aromatic hydroxyl groups is 1. The number of amides is 1. The highest BCUT2D eigenvalue weighted by atomic mass is 16.3. The van der Waals surface area contributed by atoms with Crippen molar-refractivity contribution in [1.29, 1.82) is 0 Å². The third kappa shape index (κ3) is 2.02. The van der Waals surface area contributed by atoms with Crippen LogP contribution in [0.1, 0.15) is 22.3 Å². The summed E-state index contributed by atoms with van der Waals surface area (Å²) in [4.78, 5) is 13.6. The number of hydrogen-bond acceptors (Lipinski definition) is 3. The second kappa shape index (κ2) is 4.14. The van der Waals surface area contributed by atoms with Crippen LogP contribution in [-0.4, -0.2) is 40.2 Å². The number of rotatable bonds is 1. The summed E-state index contributed by atoms with van der Waals surface area (Å²) in [6.07, 6.45) is 0.215. The number of phenolic OH excluding ortho intramolecular Hbond substituents is 1. The fraction of sp³-hybridized carbons (Fsp3) is 0.417. The Hall–Kier alpha value is -1.55. The number of β-amino-alcohol motifs (C(OH)–C–C–N with tert-alkyl or cyclic N) is 1. The van der Waals surface area contributed by atoms with Gasteiger partial charge in [0.15, 0.2) is 0 Å². The predicted molar refractivity (Wildman–Crippen MR) is 59.4 cm³/mol. The van der Waals surface area contributed by atoms with E-state index in [1.807, 2.05) is 0 Å². The number of benzene rings is 1. The summed E-state index contributed by atoms with van der Waals surface area (Å²) in [5.41, 5.74) is 1.22. The molecule has 0 spiro atoms. The van der Waals surface area contributed by atoms with Gasteiger partial charge in [-0.25, -0.2) is 0 Å². The Morgan fingerprint density at radius 2 is 2.25 bits per heavy atom. The first-order valence-corrected chi connectivity index (χ1v) is 5.35. The van der Waals surface area contributed by atoms with Crippen molar-refractivity contribution in [2.75, 3.05) is 13.1 Å². The van der Waals surface area contributed by atoms with Gasteiger partial charge in [-0.1, -0.05) is 6.07 Å². The molecule has 1 amide bonds. The minimum Gasteiger partial charge on any atom is -0.508 e. The van der Waals surface area contributed by atoms with Crippen LogP contribution in [-0.2, 0) is 0 Å². The van der Waals surface area contributed by atoms with Gasteiger partial charge in [-0.05, 0) is 31.0 Å². The van der Waals surface area contributed by atoms with E-state index in [1.54, 1.807) is 24.0 Å². The topological polar surface area (TPSA) is 60.8 Å². The zero-order valence-electron chi connectivity index (χ0n) is 9.18. The van der Waals surface area contributed by atoms with Gasteiger partial charge < -0.3 is 15.1 Å². The van der Waals surface area contributed by atoms with Gasteiger partial charge in [0, 0.05) is 18.7 Å². The van der Waals surface area contributed by atoms with E-state index >= 15 is 0 Å². The Morgan fingerprint density at radius 1 is 1.50 bits per heavy atom. The molecule has 0 saturated carbocycles. The molecule has 1 aliphatic rings. The molecule has 2 rings (SSSR count). The van der Waals surface area contributed by atoms with Crippen molar-refractivity contribution in [2.24, 2.45) is 0 Å². The Morgan fingerprint density at radius 3 is 2.81 bits per heavy atom. The number of aryl methyl sites for hydroxylation is 1. The summed E-state index contributed by atoms with van der Waals surface area (Å²) in [5, 5.41) is 18.9. The quantitative estimate of drug-likeness (QED) is 0.741. The SMILES string of the molecule is Cc1ccc(C(=O)N2CCC(O)C2)cc1O. The largest absolute Gasteiger partial charge is 0.508 e. The highest BCUT2D eigenvalue weighted by molar-refractivity contribution is 5.94. The van der Waals surface area contributed by atoms with Gasteiger partial charge in [-0.2, -0.15) is 0 Å². The lowest BCUT2D eigenvalue weighted by molar-refractivity contribution is 0.0764. The van der Waals surface area contributed by atoms with Crippen LogP contribution in [0.15, 0.2) is 18.2 Å². The highest BCUT2D eigenvalue weighted by Gasteiger charge is 2.25. The van der Waals surface area contributed by atoms with Gasteiger partial charge in [0.25, 0.3) is 5.91 Å². The molecule has 0 radical (unpaired) electrons.